The quantitative estimate of drug-likeness (QED) is 0.625. The van der Waals surface area contributed by atoms with E-state index in [0.717, 1.165) is 35.6 Å². The molecule has 0 bridgehead atoms. The van der Waals surface area contributed by atoms with Gasteiger partial charge >= 0.3 is 0 Å². The molecule has 0 aromatic heterocycles. The molecule has 0 saturated carbocycles. The Kier molecular flexibility index (Phi) is 6.06. The molecule has 0 fully saturated rings. The molecule has 0 atom stereocenters. The standard InChI is InChI=1S/C25H38N4/c1-22(2,3)15-24(7,8)28-20-18-13-17(14-26)11-12-19(18)27-21(20)29-25(9,10)16-23(4,5)6/h11-13H,15-16H2,1-10H3,(H,27,28,29). The van der Waals surface area contributed by atoms with Gasteiger partial charge in [0.25, 0.3) is 0 Å². The summed E-state index contributed by atoms with van der Waals surface area (Å²) in [5.74, 6) is 0.811. The molecule has 0 aliphatic carbocycles. The average Bonchev–Trinajstić information content (AvgIpc) is 2.77. The van der Waals surface area contributed by atoms with Crippen molar-refractivity contribution >= 4 is 17.2 Å². The van der Waals surface area contributed by atoms with Crippen LogP contribution in [0, 0.1) is 22.2 Å². The maximum Gasteiger partial charge on any atom is 0.152 e. The molecule has 0 unspecified atom stereocenters. The van der Waals surface area contributed by atoms with Gasteiger partial charge in [-0.3, -0.25) is 9.98 Å². The molecular weight excluding hydrogens is 356 g/mol. The van der Waals surface area contributed by atoms with Crippen molar-refractivity contribution in [3.63, 3.8) is 0 Å². The smallest absolute Gasteiger partial charge is 0.152 e. The van der Waals surface area contributed by atoms with E-state index < -0.39 is 0 Å². The summed E-state index contributed by atoms with van der Waals surface area (Å²) in [6, 6.07) is 7.97. The van der Waals surface area contributed by atoms with Crippen molar-refractivity contribution in [1.82, 2.24) is 0 Å². The van der Waals surface area contributed by atoms with Crippen LogP contribution in [-0.4, -0.2) is 22.6 Å². The predicted octanol–water partition coefficient (Wildman–Crippen LogP) is 6.60. The van der Waals surface area contributed by atoms with E-state index in [0.29, 0.717) is 5.56 Å². The van der Waals surface area contributed by atoms with Crippen molar-refractivity contribution < 1.29 is 0 Å². The van der Waals surface area contributed by atoms with Crippen molar-refractivity contribution in [2.75, 3.05) is 5.32 Å². The number of fused-ring (bicyclic) bond motifs is 1. The van der Waals surface area contributed by atoms with E-state index in [1.807, 2.05) is 18.2 Å². The number of nitrogens with one attached hydrogen (secondary N) is 1. The van der Waals surface area contributed by atoms with Crippen LogP contribution in [-0.2, 0) is 0 Å². The maximum absolute atomic E-state index is 9.38. The molecule has 1 aromatic carbocycles. The number of rotatable bonds is 4. The highest BCUT2D eigenvalue weighted by Crippen LogP contribution is 2.35. The van der Waals surface area contributed by atoms with Crippen LogP contribution in [0.2, 0.25) is 0 Å². The molecule has 4 nitrogen and oxygen atoms in total. The Bertz CT molecular complexity index is 866. The highest BCUT2D eigenvalue weighted by Gasteiger charge is 2.33. The van der Waals surface area contributed by atoms with Gasteiger partial charge in [0.2, 0.25) is 0 Å². The first-order valence-corrected chi connectivity index (χ1v) is 10.5. The monoisotopic (exact) mass is 394 g/mol. The minimum Gasteiger partial charge on any atom is -0.338 e. The molecule has 1 aromatic rings. The summed E-state index contributed by atoms with van der Waals surface area (Å²) in [7, 11) is 0. The molecule has 0 radical (unpaired) electrons. The number of hydrogen-bond acceptors (Lipinski definition) is 3. The number of nitrogens with zero attached hydrogens (tertiary/aromatic N) is 3. The van der Waals surface area contributed by atoms with Gasteiger partial charge in [-0.05, 0) is 69.6 Å². The highest BCUT2D eigenvalue weighted by atomic mass is 15.1. The van der Waals surface area contributed by atoms with Gasteiger partial charge in [0.05, 0.1) is 22.7 Å². The van der Waals surface area contributed by atoms with E-state index in [1.54, 1.807) is 0 Å². The van der Waals surface area contributed by atoms with E-state index in [1.165, 1.54) is 0 Å². The first kappa shape index (κ1) is 23.1. The van der Waals surface area contributed by atoms with Crippen molar-refractivity contribution in [2.45, 2.75) is 93.2 Å². The highest BCUT2D eigenvalue weighted by molar-refractivity contribution is 6.56. The zero-order chi connectivity index (χ0) is 22.3. The number of nitriles is 1. The number of aliphatic imine (C=N–C) groups is 2. The molecule has 4 heteroatoms. The maximum atomic E-state index is 9.38. The van der Waals surface area contributed by atoms with Crippen LogP contribution >= 0.6 is 0 Å². The fourth-order valence-electron chi connectivity index (χ4n) is 4.71. The minimum absolute atomic E-state index is 0.166. The van der Waals surface area contributed by atoms with Gasteiger partial charge < -0.3 is 5.32 Å². The third-order valence-corrected chi connectivity index (χ3v) is 4.64. The Morgan fingerprint density at radius 3 is 1.83 bits per heavy atom. The largest absolute Gasteiger partial charge is 0.338 e. The SMILES string of the molecule is CC(C)(C)CC(C)(C)N=C1Nc2ccc(C#N)cc2C1=NC(C)(C)CC(C)(C)C. The normalized spacial score (nSPS) is 18.0. The summed E-state index contributed by atoms with van der Waals surface area (Å²) in [6.45, 7) is 22.2. The average molecular weight is 395 g/mol. The first-order valence-electron chi connectivity index (χ1n) is 10.5. The Hall–Kier alpha value is -2.15. The summed E-state index contributed by atoms with van der Waals surface area (Å²) in [4.78, 5) is 10.3. The summed E-state index contributed by atoms with van der Waals surface area (Å²) in [5.41, 5.74) is 3.32. The Morgan fingerprint density at radius 2 is 1.34 bits per heavy atom. The molecule has 1 N–H and O–H groups in total. The second-order valence-corrected chi connectivity index (χ2v) is 12.0. The predicted molar refractivity (Wildman–Crippen MR) is 125 cm³/mol. The fourth-order valence-corrected chi connectivity index (χ4v) is 4.71. The van der Waals surface area contributed by atoms with Gasteiger partial charge in [-0.1, -0.05) is 41.5 Å². The molecule has 158 valence electrons. The zero-order valence-corrected chi connectivity index (χ0v) is 20.0. The second kappa shape index (κ2) is 7.59. The number of amidine groups is 1. The Balaban J connectivity index is 2.58. The van der Waals surface area contributed by atoms with Crippen LogP contribution in [0.1, 0.15) is 93.2 Å². The van der Waals surface area contributed by atoms with Crippen LogP contribution in [0.3, 0.4) is 0 Å². The number of hydrogen-bond donors (Lipinski definition) is 1. The number of benzene rings is 1. The third-order valence-electron chi connectivity index (χ3n) is 4.64. The lowest BCUT2D eigenvalue weighted by atomic mass is 9.81. The third kappa shape index (κ3) is 6.70. The summed E-state index contributed by atoms with van der Waals surface area (Å²) in [6.07, 6.45) is 1.92. The van der Waals surface area contributed by atoms with Gasteiger partial charge in [-0.25, -0.2) is 0 Å². The van der Waals surface area contributed by atoms with E-state index in [-0.39, 0.29) is 21.9 Å². The molecule has 1 heterocycles. The van der Waals surface area contributed by atoms with Crippen LogP contribution in [0.5, 0.6) is 0 Å². The van der Waals surface area contributed by atoms with Crippen molar-refractivity contribution in [1.29, 1.82) is 5.26 Å². The van der Waals surface area contributed by atoms with Crippen LogP contribution in [0.4, 0.5) is 5.69 Å². The van der Waals surface area contributed by atoms with Gasteiger partial charge in [0.1, 0.15) is 5.71 Å². The Morgan fingerprint density at radius 1 is 0.828 bits per heavy atom. The molecule has 2 rings (SSSR count). The molecule has 1 aliphatic heterocycles. The molecule has 0 spiro atoms. The number of anilines is 1. The van der Waals surface area contributed by atoms with Gasteiger partial charge in [0, 0.05) is 11.3 Å². The van der Waals surface area contributed by atoms with E-state index in [2.05, 4.69) is 80.6 Å². The molecule has 0 amide bonds. The van der Waals surface area contributed by atoms with Gasteiger partial charge in [0.15, 0.2) is 5.84 Å². The summed E-state index contributed by atoms with van der Waals surface area (Å²) < 4.78 is 0. The van der Waals surface area contributed by atoms with Crippen LogP contribution < -0.4 is 5.32 Å². The lowest BCUT2D eigenvalue weighted by Crippen LogP contribution is -2.32. The second-order valence-electron chi connectivity index (χ2n) is 12.0. The van der Waals surface area contributed by atoms with Crippen molar-refractivity contribution in [2.24, 2.45) is 20.8 Å². The van der Waals surface area contributed by atoms with Crippen LogP contribution in [0.25, 0.3) is 0 Å². The van der Waals surface area contributed by atoms with Crippen molar-refractivity contribution in [3.8, 4) is 6.07 Å². The topological polar surface area (TPSA) is 60.5 Å². The Labute approximate surface area is 177 Å². The van der Waals surface area contributed by atoms with Gasteiger partial charge in [-0.2, -0.15) is 5.26 Å². The van der Waals surface area contributed by atoms with E-state index in [9.17, 15) is 5.26 Å². The summed E-state index contributed by atoms with van der Waals surface area (Å²) >= 11 is 0. The fraction of sp³-hybridized carbons (Fsp3) is 0.640. The lowest BCUT2D eigenvalue weighted by Gasteiger charge is -2.31. The lowest BCUT2D eigenvalue weighted by molar-refractivity contribution is 0.287. The van der Waals surface area contributed by atoms with E-state index in [4.69, 9.17) is 9.98 Å². The van der Waals surface area contributed by atoms with Crippen LogP contribution in [0.15, 0.2) is 28.2 Å². The van der Waals surface area contributed by atoms with Crippen molar-refractivity contribution in [3.05, 3.63) is 29.3 Å². The summed E-state index contributed by atoms with van der Waals surface area (Å²) in [5, 5.41) is 12.9. The molecule has 29 heavy (non-hydrogen) atoms. The van der Waals surface area contributed by atoms with E-state index >= 15 is 0 Å². The molecular formula is C25H38N4. The van der Waals surface area contributed by atoms with Gasteiger partial charge in [-0.15, -0.1) is 0 Å². The molecule has 1 aliphatic rings. The first-order chi connectivity index (χ1) is 13.0. The molecule has 0 saturated heterocycles. The minimum atomic E-state index is -0.242. The zero-order valence-electron chi connectivity index (χ0n) is 20.0.